The number of amides is 1. The van der Waals surface area contributed by atoms with Crippen molar-refractivity contribution in [2.45, 2.75) is 75.4 Å². The van der Waals surface area contributed by atoms with Gasteiger partial charge < -0.3 is 19.5 Å². The van der Waals surface area contributed by atoms with E-state index in [9.17, 15) is 13.2 Å². The molecule has 1 aromatic heterocycles. The normalized spacial score (nSPS) is 30.5. The van der Waals surface area contributed by atoms with Gasteiger partial charge in [-0.15, -0.1) is 0 Å². The molecular weight excluding hydrogens is 494 g/mol. The Morgan fingerprint density at radius 1 is 0.946 bits per heavy atom. The predicted molar refractivity (Wildman–Crippen MR) is 138 cm³/mol. The zero-order valence-corrected chi connectivity index (χ0v) is 22.5. The number of sulfonamides is 1. The van der Waals surface area contributed by atoms with E-state index in [4.69, 9.17) is 9.26 Å². The van der Waals surface area contributed by atoms with Gasteiger partial charge in [0, 0.05) is 56.3 Å². The predicted octanol–water partition coefficient (Wildman–Crippen LogP) is 1.65. The number of rotatable bonds is 9. The molecule has 0 radical (unpaired) electrons. The van der Waals surface area contributed by atoms with Crippen LogP contribution in [0, 0.1) is 5.92 Å². The van der Waals surface area contributed by atoms with E-state index < -0.39 is 10.0 Å². The Morgan fingerprint density at radius 2 is 1.59 bits per heavy atom. The van der Waals surface area contributed by atoms with Crippen molar-refractivity contribution < 1.29 is 22.5 Å². The zero-order valence-electron chi connectivity index (χ0n) is 21.7. The van der Waals surface area contributed by atoms with Crippen molar-refractivity contribution in [3.05, 3.63) is 17.5 Å². The molecule has 2 bridgehead atoms. The van der Waals surface area contributed by atoms with E-state index in [2.05, 4.69) is 20.3 Å². The molecule has 0 aromatic carbocycles. The van der Waals surface area contributed by atoms with Crippen LogP contribution in [0.15, 0.2) is 10.6 Å². The maximum absolute atomic E-state index is 13.5. The van der Waals surface area contributed by atoms with Gasteiger partial charge in [0.2, 0.25) is 10.0 Å². The number of nitrogens with one attached hydrogen (secondary N) is 1. The maximum atomic E-state index is 13.5. The van der Waals surface area contributed by atoms with Gasteiger partial charge in [0.15, 0.2) is 5.69 Å². The quantitative estimate of drug-likeness (QED) is 0.509. The highest BCUT2D eigenvalue weighted by atomic mass is 32.2. The molecule has 5 aliphatic rings. The Morgan fingerprint density at radius 3 is 2.24 bits per heavy atom. The SMILES string of the molecule is O=C(N[C@H]1C[C@H]2CC[C@@H](C1)N2S(=O)(=O)CC1CCN(CCN2CCOCC2)CC1)c1cc(C2CC2)on1. The summed E-state index contributed by atoms with van der Waals surface area (Å²) < 4.78 is 39.7. The summed E-state index contributed by atoms with van der Waals surface area (Å²) in [6, 6.07) is 1.71. The summed E-state index contributed by atoms with van der Waals surface area (Å²) in [5.41, 5.74) is 0.334. The van der Waals surface area contributed by atoms with E-state index >= 15 is 0 Å². The van der Waals surface area contributed by atoms with Crippen molar-refractivity contribution in [1.82, 2.24) is 24.6 Å². The topological polar surface area (TPSA) is 108 Å². The molecule has 1 aliphatic carbocycles. The first-order valence-electron chi connectivity index (χ1n) is 14.3. The molecule has 1 N–H and O–H groups in total. The summed E-state index contributed by atoms with van der Waals surface area (Å²) >= 11 is 0. The third kappa shape index (κ3) is 6.06. The van der Waals surface area contributed by atoms with E-state index in [1.807, 2.05) is 4.31 Å². The van der Waals surface area contributed by atoms with Crippen molar-refractivity contribution in [2.24, 2.45) is 5.92 Å². The molecule has 1 aromatic rings. The summed E-state index contributed by atoms with van der Waals surface area (Å²) in [5, 5.41) is 7.06. The summed E-state index contributed by atoms with van der Waals surface area (Å²) in [6.07, 6.45) is 7.21. The lowest BCUT2D eigenvalue weighted by molar-refractivity contribution is 0.0316. The number of piperidine rings is 2. The number of aromatic nitrogens is 1. The second kappa shape index (κ2) is 10.9. The van der Waals surface area contributed by atoms with Crippen LogP contribution < -0.4 is 5.32 Å². The molecular formula is C26H41N5O5S. The van der Waals surface area contributed by atoms with Crippen LogP contribution in [0.25, 0.3) is 0 Å². The molecule has 4 saturated heterocycles. The molecule has 37 heavy (non-hydrogen) atoms. The first-order valence-corrected chi connectivity index (χ1v) is 15.9. The smallest absolute Gasteiger partial charge is 0.273 e. The van der Waals surface area contributed by atoms with Crippen LogP contribution in [0.5, 0.6) is 0 Å². The van der Waals surface area contributed by atoms with Gasteiger partial charge in [-0.25, -0.2) is 8.42 Å². The number of likely N-dealkylation sites (tertiary alicyclic amines) is 1. The molecule has 10 nitrogen and oxygen atoms in total. The van der Waals surface area contributed by atoms with Gasteiger partial charge >= 0.3 is 0 Å². The molecule has 3 atom stereocenters. The van der Waals surface area contributed by atoms with Gasteiger partial charge in [-0.1, -0.05) is 5.16 Å². The Balaban J connectivity index is 0.970. The minimum atomic E-state index is -3.32. The highest BCUT2D eigenvalue weighted by molar-refractivity contribution is 7.89. The van der Waals surface area contributed by atoms with Crippen LogP contribution in [0.1, 0.15) is 73.5 Å². The molecule has 6 rings (SSSR count). The monoisotopic (exact) mass is 535 g/mol. The number of nitrogens with zero attached hydrogens (tertiary/aromatic N) is 4. The lowest BCUT2D eigenvalue weighted by Crippen LogP contribution is -2.53. The fraction of sp³-hybridized carbons (Fsp3) is 0.846. The average molecular weight is 536 g/mol. The average Bonchev–Trinajstić information content (AvgIpc) is 3.54. The fourth-order valence-electron chi connectivity index (χ4n) is 6.79. The van der Waals surface area contributed by atoms with Gasteiger partial charge in [-0.2, -0.15) is 4.31 Å². The van der Waals surface area contributed by atoms with Crippen molar-refractivity contribution in [3.8, 4) is 0 Å². The number of carbonyl (C=O) groups excluding carboxylic acids is 1. The van der Waals surface area contributed by atoms with Gasteiger partial charge in [-0.3, -0.25) is 9.69 Å². The number of hydrogen-bond donors (Lipinski definition) is 1. The molecule has 5 heterocycles. The Kier molecular flexibility index (Phi) is 7.59. The summed E-state index contributed by atoms with van der Waals surface area (Å²) in [4.78, 5) is 17.7. The second-order valence-corrected chi connectivity index (χ2v) is 13.7. The minimum Gasteiger partial charge on any atom is -0.379 e. The second-order valence-electron chi connectivity index (χ2n) is 11.8. The molecule has 11 heteroatoms. The number of ether oxygens (including phenoxy) is 1. The van der Waals surface area contributed by atoms with Crippen LogP contribution >= 0.6 is 0 Å². The summed E-state index contributed by atoms with van der Waals surface area (Å²) in [7, 11) is -3.32. The Hall–Kier alpha value is -1.53. The van der Waals surface area contributed by atoms with E-state index in [1.54, 1.807) is 6.07 Å². The molecule has 0 spiro atoms. The largest absolute Gasteiger partial charge is 0.379 e. The van der Waals surface area contributed by atoms with Crippen molar-refractivity contribution in [3.63, 3.8) is 0 Å². The van der Waals surface area contributed by atoms with Crippen LogP contribution in [-0.4, -0.2) is 110 Å². The fourth-order valence-corrected chi connectivity index (χ4v) is 9.18. The van der Waals surface area contributed by atoms with Gasteiger partial charge in [-0.05, 0) is 70.4 Å². The molecule has 206 valence electrons. The highest BCUT2D eigenvalue weighted by Crippen LogP contribution is 2.41. The Bertz CT molecular complexity index is 1030. The third-order valence-corrected chi connectivity index (χ3v) is 11.2. The maximum Gasteiger partial charge on any atom is 0.273 e. The lowest BCUT2D eigenvalue weighted by atomic mass is 9.99. The van der Waals surface area contributed by atoms with E-state index in [0.717, 1.165) is 96.8 Å². The van der Waals surface area contributed by atoms with Crippen molar-refractivity contribution in [2.75, 3.05) is 58.2 Å². The first-order chi connectivity index (χ1) is 17.9. The van der Waals surface area contributed by atoms with Gasteiger partial charge in [0.1, 0.15) is 5.76 Å². The summed E-state index contributed by atoms with van der Waals surface area (Å²) in [5.74, 6) is 1.50. The third-order valence-electron chi connectivity index (χ3n) is 9.05. The molecule has 0 unspecified atom stereocenters. The molecule has 1 saturated carbocycles. The number of morpholine rings is 1. The molecule has 5 fully saturated rings. The van der Waals surface area contributed by atoms with Crippen LogP contribution in [0.4, 0.5) is 0 Å². The van der Waals surface area contributed by atoms with Crippen LogP contribution in [0.2, 0.25) is 0 Å². The van der Waals surface area contributed by atoms with Crippen molar-refractivity contribution in [1.29, 1.82) is 0 Å². The van der Waals surface area contributed by atoms with Gasteiger partial charge in [0.05, 0.1) is 19.0 Å². The van der Waals surface area contributed by atoms with Gasteiger partial charge in [0.25, 0.3) is 5.91 Å². The summed E-state index contributed by atoms with van der Waals surface area (Å²) in [6.45, 7) is 7.77. The molecule has 4 aliphatic heterocycles. The zero-order chi connectivity index (χ0) is 25.4. The van der Waals surface area contributed by atoms with Crippen LogP contribution in [-0.2, 0) is 14.8 Å². The van der Waals surface area contributed by atoms with Crippen LogP contribution in [0.3, 0.4) is 0 Å². The van der Waals surface area contributed by atoms with Crippen molar-refractivity contribution >= 4 is 15.9 Å². The number of hydrogen-bond acceptors (Lipinski definition) is 8. The number of fused-ring (bicyclic) bond motifs is 2. The number of carbonyl (C=O) groups is 1. The highest BCUT2D eigenvalue weighted by Gasteiger charge is 2.47. The minimum absolute atomic E-state index is 0.0120. The first kappa shape index (κ1) is 25.7. The lowest BCUT2D eigenvalue weighted by Gasteiger charge is -2.39. The molecule has 1 amide bonds. The van der Waals surface area contributed by atoms with E-state index in [1.165, 1.54) is 0 Å². The van der Waals surface area contributed by atoms with E-state index in [0.29, 0.717) is 24.5 Å². The standard InChI is InChI=1S/C26H41N5O5S/c32-26(24-17-25(36-28-24)20-1-2-20)27-21-15-22-3-4-23(16-21)31(22)37(33,34)18-19-5-7-29(8-6-19)9-10-30-11-13-35-14-12-30/h17,19-23H,1-16,18H2,(H,27,32)/t21-,22+,23-. The van der Waals surface area contributed by atoms with E-state index in [-0.39, 0.29) is 35.7 Å². The Labute approximate surface area is 220 Å².